The minimum atomic E-state index is -4.16. The number of sulfonamides is 1. The van der Waals surface area contributed by atoms with Gasteiger partial charge in [-0.15, -0.1) is 0 Å². The number of benzene rings is 2. The van der Waals surface area contributed by atoms with Crippen LogP contribution < -0.4 is 19.1 Å². The van der Waals surface area contributed by atoms with Crippen molar-refractivity contribution in [3.8, 4) is 11.5 Å². The van der Waals surface area contributed by atoms with Crippen molar-refractivity contribution in [1.29, 1.82) is 0 Å². The lowest BCUT2D eigenvalue weighted by Gasteiger charge is -2.27. The monoisotopic (exact) mass is 508 g/mol. The van der Waals surface area contributed by atoms with Crippen molar-refractivity contribution < 1.29 is 22.7 Å². The normalized spacial score (nSPS) is 15.2. The van der Waals surface area contributed by atoms with Gasteiger partial charge in [0, 0.05) is 6.04 Å². The molecule has 7 nitrogen and oxygen atoms in total. The number of nitrogens with one attached hydrogen (secondary N) is 1. The molecule has 1 N–H and O–H groups in total. The van der Waals surface area contributed by atoms with Crippen LogP contribution in [0.4, 0.5) is 5.69 Å². The Hall–Kier alpha value is -2.45. The van der Waals surface area contributed by atoms with Gasteiger partial charge in [0.1, 0.15) is 22.9 Å². The van der Waals surface area contributed by atoms with E-state index in [4.69, 9.17) is 21.1 Å². The molecule has 0 saturated heterocycles. The van der Waals surface area contributed by atoms with E-state index in [1.165, 1.54) is 26.7 Å². The molecular formula is C25H33ClN2O5S. The number of nitrogens with zero attached hydrogens (tertiary/aromatic N) is 1. The highest BCUT2D eigenvalue weighted by molar-refractivity contribution is 7.93. The third-order valence-corrected chi connectivity index (χ3v) is 8.16. The van der Waals surface area contributed by atoms with Crippen molar-refractivity contribution in [2.24, 2.45) is 0 Å². The summed E-state index contributed by atoms with van der Waals surface area (Å²) in [4.78, 5) is 13.1. The summed E-state index contributed by atoms with van der Waals surface area (Å²) in [6.07, 6.45) is 7.46. The van der Waals surface area contributed by atoms with Gasteiger partial charge in [-0.25, -0.2) is 8.42 Å². The van der Waals surface area contributed by atoms with E-state index >= 15 is 0 Å². The second kappa shape index (κ2) is 11.8. The largest absolute Gasteiger partial charge is 0.495 e. The third kappa shape index (κ3) is 6.36. The first kappa shape index (κ1) is 26.2. The van der Waals surface area contributed by atoms with Gasteiger partial charge in [-0.3, -0.25) is 9.10 Å². The van der Waals surface area contributed by atoms with Gasteiger partial charge in [-0.05, 0) is 55.7 Å². The Morgan fingerprint density at radius 3 is 2.24 bits per heavy atom. The molecule has 1 aliphatic rings. The van der Waals surface area contributed by atoms with Crippen molar-refractivity contribution in [3.63, 3.8) is 0 Å². The summed E-state index contributed by atoms with van der Waals surface area (Å²) in [6, 6.07) is 9.62. The van der Waals surface area contributed by atoms with Crippen LogP contribution in [0.25, 0.3) is 0 Å². The van der Waals surface area contributed by atoms with Gasteiger partial charge in [0.15, 0.2) is 0 Å². The SMILES string of the molecule is COc1ccc(N(CC(=O)NC2CCCCCCC2)S(=O)(=O)c2cc(C)ccc2OC)cc1Cl. The standard InChI is InChI=1S/C25H33ClN2O5S/c1-18-11-13-23(33-3)24(15-18)34(30,31)28(20-12-14-22(32-2)21(26)16-20)17-25(29)27-19-9-7-5-4-6-8-10-19/h11-16,19H,4-10,17H2,1-3H3,(H,27,29). The van der Waals surface area contributed by atoms with E-state index in [2.05, 4.69) is 5.32 Å². The molecule has 0 bridgehead atoms. The summed E-state index contributed by atoms with van der Waals surface area (Å²) in [5.74, 6) is 0.262. The maximum atomic E-state index is 13.9. The van der Waals surface area contributed by atoms with Gasteiger partial charge >= 0.3 is 0 Å². The van der Waals surface area contributed by atoms with Crippen molar-refractivity contribution >= 4 is 33.2 Å². The lowest BCUT2D eigenvalue weighted by atomic mass is 9.97. The average Bonchev–Trinajstić information content (AvgIpc) is 2.79. The number of carbonyl (C=O) groups is 1. The molecule has 1 fully saturated rings. The van der Waals surface area contributed by atoms with E-state index in [9.17, 15) is 13.2 Å². The molecule has 2 aromatic carbocycles. The molecule has 0 atom stereocenters. The summed E-state index contributed by atoms with van der Waals surface area (Å²) < 4.78 is 39.3. The van der Waals surface area contributed by atoms with Gasteiger partial charge in [0.2, 0.25) is 5.91 Å². The molecule has 1 saturated carbocycles. The van der Waals surface area contributed by atoms with Crippen molar-refractivity contribution in [3.05, 3.63) is 47.0 Å². The number of aryl methyl sites for hydroxylation is 1. The van der Waals surface area contributed by atoms with Crippen LogP contribution >= 0.6 is 11.6 Å². The third-order valence-electron chi connectivity index (χ3n) is 6.07. The van der Waals surface area contributed by atoms with Crippen LogP contribution in [-0.4, -0.2) is 41.1 Å². The molecule has 1 amide bonds. The fourth-order valence-corrected chi connectivity index (χ4v) is 6.14. The van der Waals surface area contributed by atoms with Gasteiger partial charge in [0.05, 0.1) is 24.9 Å². The van der Waals surface area contributed by atoms with E-state index in [1.807, 2.05) is 0 Å². The van der Waals surface area contributed by atoms with E-state index < -0.39 is 10.0 Å². The van der Waals surface area contributed by atoms with Gasteiger partial charge < -0.3 is 14.8 Å². The summed E-state index contributed by atoms with van der Waals surface area (Å²) in [6.45, 7) is 1.42. The summed E-state index contributed by atoms with van der Waals surface area (Å²) in [5.41, 5.74) is 1.02. The minimum Gasteiger partial charge on any atom is -0.495 e. The molecule has 186 valence electrons. The first-order valence-electron chi connectivity index (χ1n) is 11.6. The lowest BCUT2D eigenvalue weighted by Crippen LogP contribution is -2.44. The zero-order chi connectivity index (χ0) is 24.7. The quantitative estimate of drug-likeness (QED) is 0.536. The number of carbonyl (C=O) groups excluding carboxylic acids is 1. The molecule has 0 radical (unpaired) electrons. The van der Waals surface area contributed by atoms with E-state index in [0.717, 1.165) is 48.4 Å². The molecule has 0 spiro atoms. The fourth-order valence-electron chi connectivity index (χ4n) is 4.23. The Balaban J connectivity index is 1.96. The molecular weight excluding hydrogens is 476 g/mol. The molecule has 2 aromatic rings. The number of hydrogen-bond donors (Lipinski definition) is 1. The second-order valence-corrected chi connectivity index (χ2v) is 10.8. The van der Waals surface area contributed by atoms with Crippen molar-refractivity contribution in [2.45, 2.75) is 62.8 Å². The molecule has 0 aliphatic heterocycles. The zero-order valence-electron chi connectivity index (χ0n) is 20.0. The predicted octanol–water partition coefficient (Wildman–Crippen LogP) is 5.09. The lowest BCUT2D eigenvalue weighted by molar-refractivity contribution is -0.120. The molecule has 0 aromatic heterocycles. The van der Waals surface area contributed by atoms with Gasteiger partial charge in [-0.1, -0.05) is 49.8 Å². The Morgan fingerprint density at radius 1 is 1.00 bits per heavy atom. The van der Waals surface area contributed by atoms with Crippen LogP contribution in [0.5, 0.6) is 11.5 Å². The number of rotatable bonds is 8. The Morgan fingerprint density at radius 2 is 1.62 bits per heavy atom. The Kier molecular flexibility index (Phi) is 9.08. The number of methoxy groups -OCH3 is 2. The van der Waals surface area contributed by atoms with E-state index in [1.54, 1.807) is 37.3 Å². The summed E-state index contributed by atoms with van der Waals surface area (Å²) in [7, 11) is -1.26. The highest BCUT2D eigenvalue weighted by Gasteiger charge is 2.31. The highest BCUT2D eigenvalue weighted by Crippen LogP contribution is 2.34. The molecule has 1 aliphatic carbocycles. The van der Waals surface area contributed by atoms with E-state index in [0.29, 0.717) is 5.75 Å². The van der Waals surface area contributed by atoms with Gasteiger partial charge in [0.25, 0.3) is 10.0 Å². The Bertz CT molecular complexity index is 1100. The molecule has 9 heteroatoms. The van der Waals surface area contributed by atoms with Gasteiger partial charge in [-0.2, -0.15) is 0 Å². The van der Waals surface area contributed by atoms with Crippen LogP contribution in [0.2, 0.25) is 5.02 Å². The first-order chi connectivity index (χ1) is 16.3. The summed E-state index contributed by atoms with van der Waals surface area (Å²) >= 11 is 6.31. The summed E-state index contributed by atoms with van der Waals surface area (Å²) in [5, 5.41) is 3.30. The average molecular weight is 509 g/mol. The van der Waals surface area contributed by atoms with Crippen LogP contribution in [0.3, 0.4) is 0 Å². The van der Waals surface area contributed by atoms with Crippen molar-refractivity contribution in [1.82, 2.24) is 5.32 Å². The molecule has 0 unspecified atom stereocenters. The number of halogens is 1. The minimum absolute atomic E-state index is 0.0132. The molecule has 34 heavy (non-hydrogen) atoms. The van der Waals surface area contributed by atoms with Crippen LogP contribution in [0, 0.1) is 6.92 Å². The van der Waals surface area contributed by atoms with Crippen LogP contribution in [0.1, 0.15) is 50.5 Å². The zero-order valence-corrected chi connectivity index (χ0v) is 21.5. The number of anilines is 1. The number of hydrogen-bond acceptors (Lipinski definition) is 5. The number of ether oxygens (including phenoxy) is 2. The van der Waals surface area contributed by atoms with Crippen LogP contribution in [0.15, 0.2) is 41.3 Å². The highest BCUT2D eigenvalue weighted by atomic mass is 35.5. The first-order valence-corrected chi connectivity index (χ1v) is 13.4. The maximum Gasteiger partial charge on any atom is 0.268 e. The van der Waals surface area contributed by atoms with E-state index in [-0.39, 0.29) is 39.8 Å². The van der Waals surface area contributed by atoms with Crippen molar-refractivity contribution in [2.75, 3.05) is 25.1 Å². The Labute approximate surface area is 207 Å². The molecule has 0 heterocycles. The second-order valence-electron chi connectivity index (χ2n) is 8.59. The fraction of sp³-hybridized carbons (Fsp3) is 0.480. The molecule has 3 rings (SSSR count). The smallest absolute Gasteiger partial charge is 0.268 e. The van der Waals surface area contributed by atoms with Crippen LogP contribution in [-0.2, 0) is 14.8 Å². The maximum absolute atomic E-state index is 13.9. The predicted molar refractivity (Wildman–Crippen MR) is 135 cm³/mol. The topological polar surface area (TPSA) is 84.9 Å². The number of amides is 1.